The van der Waals surface area contributed by atoms with Crippen molar-refractivity contribution in [1.29, 1.82) is 0 Å². The molecule has 0 bridgehead atoms. The van der Waals surface area contributed by atoms with Gasteiger partial charge < -0.3 is 9.30 Å². The Bertz CT molecular complexity index is 569. The van der Waals surface area contributed by atoms with Crippen LogP contribution in [0.1, 0.15) is 5.56 Å². The zero-order valence-electron chi connectivity index (χ0n) is 9.37. The van der Waals surface area contributed by atoms with Crippen LogP contribution < -0.4 is 5.69 Å². The van der Waals surface area contributed by atoms with E-state index in [0.29, 0.717) is 0 Å². The molecule has 1 heterocycles. The second-order valence-corrected chi connectivity index (χ2v) is 3.60. The second kappa shape index (κ2) is 4.69. The van der Waals surface area contributed by atoms with Crippen molar-refractivity contribution in [3.63, 3.8) is 0 Å². The minimum absolute atomic E-state index is 0.154. The molecule has 5 heteroatoms. The maximum Gasteiger partial charge on any atom is 0.422 e. The van der Waals surface area contributed by atoms with Crippen molar-refractivity contribution >= 4 is 6.09 Å². The maximum atomic E-state index is 11.6. The van der Waals surface area contributed by atoms with Gasteiger partial charge in [-0.3, -0.25) is 0 Å². The fourth-order valence-corrected chi connectivity index (χ4v) is 1.39. The molecule has 1 aromatic carbocycles. The Hall–Kier alpha value is -2.30. The molecule has 0 amide bonds. The van der Waals surface area contributed by atoms with Gasteiger partial charge in [-0.05, 0) is 5.56 Å². The molecule has 0 unspecified atom stereocenters. The first kappa shape index (κ1) is 11.2. The Labute approximate surface area is 97.9 Å². The summed E-state index contributed by atoms with van der Waals surface area (Å²) in [4.78, 5) is 23.0. The first-order valence-corrected chi connectivity index (χ1v) is 5.13. The van der Waals surface area contributed by atoms with Crippen molar-refractivity contribution in [2.45, 2.75) is 6.61 Å². The predicted octanol–water partition coefficient (Wildman–Crippen LogP) is 1.37. The van der Waals surface area contributed by atoms with Crippen molar-refractivity contribution in [3.8, 4) is 0 Å². The van der Waals surface area contributed by atoms with Crippen LogP contribution in [0.5, 0.6) is 0 Å². The number of ether oxygens (including phenoxy) is 1. The lowest BCUT2D eigenvalue weighted by molar-refractivity contribution is 0.140. The lowest BCUT2D eigenvalue weighted by Gasteiger charge is -2.03. The Morgan fingerprint density at radius 2 is 1.94 bits per heavy atom. The third-order valence-electron chi connectivity index (χ3n) is 2.35. The highest BCUT2D eigenvalue weighted by Crippen LogP contribution is 2.01. The lowest BCUT2D eigenvalue weighted by atomic mass is 10.2. The standard InChI is InChI=1S/C12H12N2O3/c1-13-7-8-14(11(13)15)12(16)17-9-10-5-3-2-4-6-10/h2-8H,9H2,1H3. The van der Waals surface area contributed by atoms with Crippen LogP contribution in [0, 0.1) is 0 Å². The largest absolute Gasteiger partial charge is 0.444 e. The predicted molar refractivity (Wildman–Crippen MR) is 61.7 cm³/mol. The van der Waals surface area contributed by atoms with Crippen molar-refractivity contribution in [3.05, 3.63) is 58.8 Å². The summed E-state index contributed by atoms with van der Waals surface area (Å²) in [5.41, 5.74) is 0.466. The zero-order chi connectivity index (χ0) is 12.3. The average molecular weight is 232 g/mol. The van der Waals surface area contributed by atoms with E-state index in [1.54, 1.807) is 7.05 Å². The van der Waals surface area contributed by atoms with Gasteiger partial charge in [0.1, 0.15) is 6.61 Å². The van der Waals surface area contributed by atoms with Crippen LogP contribution in [-0.4, -0.2) is 15.2 Å². The van der Waals surface area contributed by atoms with Crippen LogP contribution in [0.25, 0.3) is 0 Å². The van der Waals surface area contributed by atoms with Crippen LogP contribution in [0.3, 0.4) is 0 Å². The number of aromatic nitrogens is 2. The van der Waals surface area contributed by atoms with Gasteiger partial charge in [0, 0.05) is 19.4 Å². The summed E-state index contributed by atoms with van der Waals surface area (Å²) in [5.74, 6) is 0. The van der Waals surface area contributed by atoms with Crippen molar-refractivity contribution in [2.24, 2.45) is 7.05 Å². The van der Waals surface area contributed by atoms with E-state index in [2.05, 4.69) is 0 Å². The van der Waals surface area contributed by atoms with Crippen molar-refractivity contribution in [1.82, 2.24) is 9.13 Å². The van der Waals surface area contributed by atoms with E-state index in [1.807, 2.05) is 30.3 Å². The van der Waals surface area contributed by atoms with Gasteiger partial charge in [-0.15, -0.1) is 0 Å². The highest BCUT2D eigenvalue weighted by atomic mass is 16.5. The molecule has 0 spiro atoms. The molecule has 0 aliphatic carbocycles. The van der Waals surface area contributed by atoms with Crippen molar-refractivity contribution < 1.29 is 9.53 Å². The number of aryl methyl sites for hydroxylation is 1. The summed E-state index contributed by atoms with van der Waals surface area (Å²) in [6.07, 6.45) is 2.22. The summed E-state index contributed by atoms with van der Waals surface area (Å²) in [7, 11) is 1.57. The normalized spacial score (nSPS) is 10.2. The SMILES string of the molecule is Cn1ccn(C(=O)OCc2ccccc2)c1=O. The van der Waals surface area contributed by atoms with Crippen molar-refractivity contribution in [2.75, 3.05) is 0 Å². The number of hydrogen-bond donors (Lipinski definition) is 0. The van der Waals surface area contributed by atoms with Crippen LogP contribution in [0.2, 0.25) is 0 Å². The molecule has 0 saturated carbocycles. The Morgan fingerprint density at radius 1 is 1.24 bits per heavy atom. The fourth-order valence-electron chi connectivity index (χ4n) is 1.39. The minimum atomic E-state index is -0.667. The van der Waals surface area contributed by atoms with Gasteiger partial charge in [0.25, 0.3) is 0 Å². The smallest absolute Gasteiger partial charge is 0.422 e. The summed E-state index contributed by atoms with van der Waals surface area (Å²) >= 11 is 0. The summed E-state index contributed by atoms with van der Waals surface area (Å²) in [6, 6.07) is 9.30. The van der Waals surface area contributed by atoms with Gasteiger partial charge in [-0.2, -0.15) is 0 Å². The highest BCUT2D eigenvalue weighted by molar-refractivity contribution is 5.70. The number of carbonyl (C=O) groups is 1. The monoisotopic (exact) mass is 232 g/mol. The van der Waals surface area contributed by atoms with Gasteiger partial charge in [0.05, 0.1) is 0 Å². The zero-order valence-corrected chi connectivity index (χ0v) is 9.37. The van der Waals surface area contributed by atoms with E-state index in [-0.39, 0.29) is 6.61 Å². The molecule has 17 heavy (non-hydrogen) atoms. The Morgan fingerprint density at radius 3 is 2.53 bits per heavy atom. The molecule has 0 radical (unpaired) electrons. The van der Waals surface area contributed by atoms with E-state index >= 15 is 0 Å². The Balaban J connectivity index is 2.04. The molecule has 1 aromatic heterocycles. The molecule has 5 nitrogen and oxygen atoms in total. The first-order chi connectivity index (χ1) is 8.18. The molecular weight excluding hydrogens is 220 g/mol. The van der Waals surface area contributed by atoms with Crippen LogP contribution in [0.15, 0.2) is 47.5 Å². The number of benzene rings is 1. The van der Waals surface area contributed by atoms with Gasteiger partial charge >= 0.3 is 11.8 Å². The van der Waals surface area contributed by atoms with Crippen LogP contribution in [-0.2, 0) is 18.4 Å². The number of carbonyl (C=O) groups excluding carboxylic acids is 1. The topological polar surface area (TPSA) is 53.2 Å². The van der Waals surface area contributed by atoms with Gasteiger partial charge in [-0.25, -0.2) is 14.2 Å². The van der Waals surface area contributed by atoms with E-state index in [0.717, 1.165) is 10.1 Å². The Kier molecular flexibility index (Phi) is 3.09. The molecule has 0 fully saturated rings. The summed E-state index contributed by atoms with van der Waals surface area (Å²) in [5, 5.41) is 0. The molecule has 2 aromatic rings. The summed E-state index contributed by atoms with van der Waals surface area (Å²) < 4.78 is 7.26. The number of rotatable bonds is 2. The minimum Gasteiger partial charge on any atom is -0.444 e. The number of hydrogen-bond acceptors (Lipinski definition) is 3. The third-order valence-corrected chi connectivity index (χ3v) is 2.35. The molecular formula is C12H12N2O3. The van der Waals surface area contributed by atoms with E-state index in [1.165, 1.54) is 17.0 Å². The van der Waals surface area contributed by atoms with E-state index < -0.39 is 11.8 Å². The first-order valence-electron chi connectivity index (χ1n) is 5.13. The summed E-state index contributed by atoms with van der Waals surface area (Å²) in [6.45, 7) is 0.154. The second-order valence-electron chi connectivity index (χ2n) is 3.60. The molecule has 0 N–H and O–H groups in total. The van der Waals surface area contributed by atoms with Gasteiger partial charge in [-0.1, -0.05) is 30.3 Å². The molecule has 88 valence electrons. The third kappa shape index (κ3) is 2.44. The highest BCUT2D eigenvalue weighted by Gasteiger charge is 2.10. The number of nitrogens with zero attached hydrogens (tertiary/aromatic N) is 2. The van der Waals surface area contributed by atoms with Gasteiger partial charge in [0.15, 0.2) is 0 Å². The van der Waals surface area contributed by atoms with Gasteiger partial charge in [0.2, 0.25) is 0 Å². The average Bonchev–Trinajstić information content (AvgIpc) is 2.69. The molecule has 0 aliphatic rings. The molecule has 2 rings (SSSR count). The van der Waals surface area contributed by atoms with Crippen LogP contribution in [0.4, 0.5) is 4.79 Å². The number of imidazole rings is 1. The lowest BCUT2D eigenvalue weighted by Crippen LogP contribution is -2.28. The molecule has 0 saturated heterocycles. The van der Waals surface area contributed by atoms with E-state index in [9.17, 15) is 9.59 Å². The molecule has 0 atom stereocenters. The maximum absolute atomic E-state index is 11.6. The fraction of sp³-hybridized carbons (Fsp3) is 0.167. The van der Waals surface area contributed by atoms with E-state index in [4.69, 9.17) is 4.74 Å². The molecule has 0 aliphatic heterocycles. The quantitative estimate of drug-likeness (QED) is 0.785. The van der Waals surface area contributed by atoms with Crippen LogP contribution >= 0.6 is 0 Å².